The summed E-state index contributed by atoms with van der Waals surface area (Å²) in [5.41, 5.74) is 1.25. The number of hydrogen-bond donors (Lipinski definition) is 2. The highest BCUT2D eigenvalue weighted by molar-refractivity contribution is 14.1. The maximum atomic E-state index is 12.3. The zero-order chi connectivity index (χ0) is 21.5. The van der Waals surface area contributed by atoms with Crippen molar-refractivity contribution in [2.24, 2.45) is 0 Å². The van der Waals surface area contributed by atoms with E-state index in [4.69, 9.17) is 4.74 Å². The van der Waals surface area contributed by atoms with Gasteiger partial charge in [0.25, 0.3) is 0 Å². The van der Waals surface area contributed by atoms with Crippen molar-refractivity contribution in [3.05, 3.63) is 97.7 Å². The molecule has 3 aromatic carbocycles. The van der Waals surface area contributed by atoms with E-state index in [0.29, 0.717) is 17.1 Å². The minimum atomic E-state index is -1.21. The Bertz CT molecular complexity index is 1080. The number of amides is 1. The average molecular weight is 578 g/mol. The fourth-order valence-corrected chi connectivity index (χ4v) is 3.31. The predicted molar refractivity (Wildman–Crippen MR) is 127 cm³/mol. The standard InChI is InChI=1S/C23H17BrINO4/c24-19-3-1-2-4-21(19)30-18-11-7-15(8-12-18)13-20(23(28)29)26-22(27)14-16-5-9-17(25)10-6-16/h1-13H,14H2,(H,26,27)(H,28,29)/b20-13+. The van der Waals surface area contributed by atoms with Crippen LogP contribution in [0, 0.1) is 3.57 Å². The number of carboxylic acid groups (broad SMARTS) is 1. The molecule has 0 radical (unpaired) electrons. The molecule has 1 amide bonds. The molecule has 0 aliphatic rings. The Hall–Kier alpha value is -2.65. The highest BCUT2D eigenvalue weighted by atomic mass is 127. The van der Waals surface area contributed by atoms with Crippen molar-refractivity contribution >= 4 is 56.5 Å². The molecule has 0 aromatic heterocycles. The number of benzene rings is 3. The van der Waals surface area contributed by atoms with Crippen LogP contribution in [0.5, 0.6) is 11.5 Å². The second-order valence-electron chi connectivity index (χ2n) is 6.32. The number of halogens is 2. The first-order valence-corrected chi connectivity index (χ1v) is 10.8. The lowest BCUT2D eigenvalue weighted by Gasteiger charge is -2.09. The number of nitrogens with one attached hydrogen (secondary N) is 1. The van der Waals surface area contributed by atoms with Crippen LogP contribution in [-0.4, -0.2) is 17.0 Å². The summed E-state index contributed by atoms with van der Waals surface area (Å²) in [4.78, 5) is 23.8. The van der Waals surface area contributed by atoms with E-state index in [-0.39, 0.29) is 12.1 Å². The third-order valence-electron chi connectivity index (χ3n) is 4.04. The first kappa shape index (κ1) is 22.0. The molecule has 0 saturated carbocycles. The number of ether oxygens (including phenoxy) is 1. The zero-order valence-corrected chi connectivity index (χ0v) is 19.4. The number of aliphatic carboxylic acids is 1. The van der Waals surface area contributed by atoms with Crippen LogP contribution in [0.25, 0.3) is 6.08 Å². The van der Waals surface area contributed by atoms with Crippen LogP contribution in [0.4, 0.5) is 0 Å². The molecule has 0 unspecified atom stereocenters. The van der Waals surface area contributed by atoms with Crippen molar-refractivity contribution in [1.82, 2.24) is 5.32 Å². The number of carboxylic acids is 1. The normalized spacial score (nSPS) is 11.1. The first-order chi connectivity index (χ1) is 14.4. The summed E-state index contributed by atoms with van der Waals surface area (Å²) < 4.78 is 7.70. The van der Waals surface area contributed by atoms with Gasteiger partial charge in [-0.1, -0.05) is 36.4 Å². The lowest BCUT2D eigenvalue weighted by molar-refractivity contribution is -0.134. The van der Waals surface area contributed by atoms with Gasteiger partial charge in [-0.15, -0.1) is 0 Å². The third-order valence-corrected chi connectivity index (χ3v) is 5.41. The topological polar surface area (TPSA) is 75.6 Å². The zero-order valence-electron chi connectivity index (χ0n) is 15.6. The number of rotatable bonds is 7. The highest BCUT2D eigenvalue weighted by Crippen LogP contribution is 2.29. The van der Waals surface area contributed by atoms with E-state index in [0.717, 1.165) is 13.6 Å². The van der Waals surface area contributed by atoms with Gasteiger partial charge in [-0.25, -0.2) is 4.79 Å². The van der Waals surface area contributed by atoms with Crippen molar-refractivity contribution in [1.29, 1.82) is 0 Å². The van der Waals surface area contributed by atoms with Crippen LogP contribution in [0.3, 0.4) is 0 Å². The van der Waals surface area contributed by atoms with Gasteiger partial charge >= 0.3 is 5.97 Å². The monoisotopic (exact) mass is 577 g/mol. The fourth-order valence-electron chi connectivity index (χ4n) is 2.59. The van der Waals surface area contributed by atoms with E-state index in [1.54, 1.807) is 24.3 Å². The molecule has 0 fully saturated rings. The average Bonchev–Trinajstić information content (AvgIpc) is 2.72. The number of para-hydroxylation sites is 1. The Morgan fingerprint density at radius 1 is 1.00 bits per heavy atom. The maximum absolute atomic E-state index is 12.3. The minimum Gasteiger partial charge on any atom is -0.477 e. The Morgan fingerprint density at radius 3 is 2.30 bits per heavy atom. The first-order valence-electron chi connectivity index (χ1n) is 8.92. The van der Waals surface area contributed by atoms with Gasteiger partial charge in [0.1, 0.15) is 17.2 Å². The Balaban J connectivity index is 1.68. The van der Waals surface area contributed by atoms with Gasteiger partial charge in [-0.05, 0) is 92.1 Å². The van der Waals surface area contributed by atoms with E-state index in [2.05, 4.69) is 43.8 Å². The second-order valence-corrected chi connectivity index (χ2v) is 8.42. The SMILES string of the molecule is O=C(Cc1ccc(I)cc1)N/C(=C/c1ccc(Oc2ccccc2Br)cc1)C(=O)O. The van der Waals surface area contributed by atoms with E-state index in [9.17, 15) is 14.7 Å². The number of hydrogen-bond acceptors (Lipinski definition) is 3. The van der Waals surface area contributed by atoms with Crippen molar-refractivity contribution in [2.75, 3.05) is 0 Å². The lowest BCUT2D eigenvalue weighted by Crippen LogP contribution is -2.28. The van der Waals surface area contributed by atoms with Crippen LogP contribution in [0.2, 0.25) is 0 Å². The number of carbonyl (C=O) groups excluding carboxylic acids is 1. The summed E-state index contributed by atoms with van der Waals surface area (Å²) in [5, 5.41) is 11.9. The quantitative estimate of drug-likeness (QED) is 0.282. The van der Waals surface area contributed by atoms with Crippen LogP contribution in [0.15, 0.2) is 83.0 Å². The highest BCUT2D eigenvalue weighted by Gasteiger charge is 2.12. The molecular weight excluding hydrogens is 561 g/mol. The summed E-state index contributed by atoms with van der Waals surface area (Å²) >= 11 is 5.61. The molecule has 0 aliphatic carbocycles. The molecule has 7 heteroatoms. The molecule has 0 spiro atoms. The summed E-state index contributed by atoms with van der Waals surface area (Å²) in [6.45, 7) is 0. The Labute approximate surface area is 196 Å². The third kappa shape index (κ3) is 6.43. The van der Waals surface area contributed by atoms with Crippen molar-refractivity contribution in [3.8, 4) is 11.5 Å². The molecule has 152 valence electrons. The molecule has 3 aromatic rings. The van der Waals surface area contributed by atoms with Gasteiger partial charge in [-0.3, -0.25) is 4.79 Å². The summed E-state index contributed by atoms with van der Waals surface area (Å²) in [6, 6.07) is 21.9. The van der Waals surface area contributed by atoms with Crippen LogP contribution < -0.4 is 10.1 Å². The largest absolute Gasteiger partial charge is 0.477 e. The summed E-state index contributed by atoms with van der Waals surface area (Å²) in [6.07, 6.45) is 1.51. The van der Waals surface area contributed by atoms with Crippen LogP contribution in [-0.2, 0) is 16.0 Å². The van der Waals surface area contributed by atoms with E-state index < -0.39 is 11.9 Å². The van der Waals surface area contributed by atoms with Gasteiger partial charge in [0.05, 0.1) is 10.9 Å². The molecule has 0 aliphatic heterocycles. The maximum Gasteiger partial charge on any atom is 0.352 e. The van der Waals surface area contributed by atoms with Crippen molar-refractivity contribution < 1.29 is 19.4 Å². The lowest BCUT2D eigenvalue weighted by atomic mass is 10.1. The molecule has 30 heavy (non-hydrogen) atoms. The predicted octanol–water partition coefficient (Wildman–Crippen LogP) is 5.63. The van der Waals surface area contributed by atoms with E-state index >= 15 is 0 Å². The molecule has 0 bridgehead atoms. The van der Waals surface area contributed by atoms with Crippen LogP contribution >= 0.6 is 38.5 Å². The van der Waals surface area contributed by atoms with Gasteiger partial charge < -0.3 is 15.2 Å². The smallest absolute Gasteiger partial charge is 0.352 e. The second kappa shape index (κ2) is 10.4. The fraction of sp³-hybridized carbons (Fsp3) is 0.0435. The molecule has 5 nitrogen and oxygen atoms in total. The van der Waals surface area contributed by atoms with Gasteiger partial charge in [0.2, 0.25) is 5.91 Å². The van der Waals surface area contributed by atoms with Crippen LogP contribution in [0.1, 0.15) is 11.1 Å². The van der Waals surface area contributed by atoms with Crippen molar-refractivity contribution in [2.45, 2.75) is 6.42 Å². The van der Waals surface area contributed by atoms with Crippen molar-refractivity contribution in [3.63, 3.8) is 0 Å². The molecule has 3 rings (SSSR count). The van der Waals surface area contributed by atoms with E-state index in [1.807, 2.05) is 48.5 Å². The van der Waals surface area contributed by atoms with E-state index in [1.165, 1.54) is 6.08 Å². The van der Waals surface area contributed by atoms with Gasteiger partial charge in [0, 0.05) is 3.57 Å². The van der Waals surface area contributed by atoms with Gasteiger partial charge in [0.15, 0.2) is 0 Å². The number of carbonyl (C=O) groups is 2. The summed E-state index contributed by atoms with van der Waals surface area (Å²) in [7, 11) is 0. The Morgan fingerprint density at radius 2 is 1.67 bits per heavy atom. The molecule has 0 saturated heterocycles. The Kier molecular flexibility index (Phi) is 7.64. The van der Waals surface area contributed by atoms with Gasteiger partial charge in [-0.2, -0.15) is 0 Å². The molecular formula is C23H17BrINO4. The molecule has 2 N–H and O–H groups in total. The minimum absolute atomic E-state index is 0.0975. The summed E-state index contributed by atoms with van der Waals surface area (Å²) in [5.74, 6) is -0.313. The molecule has 0 heterocycles. The molecule has 0 atom stereocenters.